The van der Waals surface area contributed by atoms with Crippen molar-refractivity contribution in [3.05, 3.63) is 57.5 Å². The lowest BCUT2D eigenvalue weighted by atomic mass is 10.1. The van der Waals surface area contributed by atoms with Crippen LogP contribution in [-0.2, 0) is 19.5 Å². The van der Waals surface area contributed by atoms with Gasteiger partial charge in [-0.15, -0.1) is 0 Å². The number of halogens is 2. The highest BCUT2D eigenvalue weighted by Gasteiger charge is 2.32. The number of benzene rings is 1. The maximum absolute atomic E-state index is 14.0. The molecule has 0 unspecified atom stereocenters. The number of methoxy groups -OCH3 is 1. The number of ether oxygens (including phenoxy) is 1. The average Bonchev–Trinajstić information content (AvgIpc) is 3.23. The van der Waals surface area contributed by atoms with Gasteiger partial charge in [0.15, 0.2) is 17.2 Å². The normalized spacial score (nSPS) is 13.2. The number of amides is 1. The molecule has 1 aliphatic heterocycles. The van der Waals surface area contributed by atoms with Crippen molar-refractivity contribution in [3.63, 3.8) is 0 Å². The summed E-state index contributed by atoms with van der Waals surface area (Å²) in [6.07, 6.45) is 1.95. The van der Waals surface area contributed by atoms with Crippen LogP contribution in [0.1, 0.15) is 51.9 Å². The van der Waals surface area contributed by atoms with E-state index in [1.165, 1.54) is 17.6 Å². The summed E-state index contributed by atoms with van der Waals surface area (Å²) in [6, 6.07) is 1.69. The highest BCUT2D eigenvalue weighted by Crippen LogP contribution is 2.31. The first-order valence-corrected chi connectivity index (χ1v) is 9.54. The minimum atomic E-state index is -0.905. The summed E-state index contributed by atoms with van der Waals surface area (Å²) >= 11 is 0. The number of carbonyl (C=O) groups excluding carboxylic acids is 1. The molecule has 2 aromatic heterocycles. The van der Waals surface area contributed by atoms with Crippen molar-refractivity contribution in [1.29, 1.82) is 0 Å². The van der Waals surface area contributed by atoms with Gasteiger partial charge in [-0.3, -0.25) is 4.79 Å². The van der Waals surface area contributed by atoms with Gasteiger partial charge in [0, 0.05) is 23.0 Å². The Morgan fingerprint density at radius 3 is 2.69 bits per heavy atom. The number of hydrogen-bond acceptors (Lipinski definition) is 4. The molecule has 8 heteroatoms. The van der Waals surface area contributed by atoms with E-state index >= 15 is 0 Å². The Morgan fingerprint density at radius 2 is 2.00 bits per heavy atom. The van der Waals surface area contributed by atoms with Gasteiger partial charge < -0.3 is 9.64 Å². The van der Waals surface area contributed by atoms with Gasteiger partial charge >= 0.3 is 0 Å². The number of hydrogen-bond donors (Lipinski definition) is 0. The van der Waals surface area contributed by atoms with E-state index in [9.17, 15) is 13.6 Å². The van der Waals surface area contributed by atoms with Gasteiger partial charge in [-0.1, -0.05) is 13.3 Å². The molecule has 0 aliphatic carbocycles. The molecule has 1 aromatic carbocycles. The standard InChI is InChI=1S/C21H22F2N4O2/c1-5-6-14-11(2)24-20-16-9-26(10-18(16)25-27(20)12(14)3)21(28)15-7-13(22)8-17(23)19(15)29-4/h7-8H,5-6,9-10H2,1-4H3. The first-order chi connectivity index (χ1) is 13.8. The van der Waals surface area contributed by atoms with Crippen LogP contribution in [-0.4, -0.2) is 32.5 Å². The number of aromatic nitrogens is 3. The van der Waals surface area contributed by atoms with E-state index in [4.69, 9.17) is 9.72 Å². The van der Waals surface area contributed by atoms with Crippen LogP contribution in [0.2, 0.25) is 0 Å². The number of aryl methyl sites for hydroxylation is 2. The molecule has 4 rings (SSSR count). The molecule has 0 spiro atoms. The smallest absolute Gasteiger partial charge is 0.258 e. The predicted molar refractivity (Wildman–Crippen MR) is 103 cm³/mol. The summed E-state index contributed by atoms with van der Waals surface area (Å²) in [5, 5.41) is 4.66. The van der Waals surface area contributed by atoms with Crippen molar-refractivity contribution in [2.45, 2.75) is 46.7 Å². The molecule has 152 valence electrons. The fourth-order valence-electron chi connectivity index (χ4n) is 4.02. The Hall–Kier alpha value is -3.03. The average molecular weight is 400 g/mol. The van der Waals surface area contributed by atoms with Gasteiger partial charge in [-0.2, -0.15) is 5.10 Å². The summed E-state index contributed by atoms with van der Waals surface area (Å²) < 4.78 is 34.5. The van der Waals surface area contributed by atoms with Gasteiger partial charge in [-0.05, 0) is 31.9 Å². The van der Waals surface area contributed by atoms with E-state index < -0.39 is 17.5 Å². The maximum atomic E-state index is 14.0. The van der Waals surface area contributed by atoms with E-state index in [-0.39, 0.29) is 24.4 Å². The lowest BCUT2D eigenvalue weighted by Gasteiger charge is -2.18. The van der Waals surface area contributed by atoms with E-state index in [1.807, 2.05) is 18.4 Å². The third-order valence-electron chi connectivity index (χ3n) is 5.42. The summed E-state index contributed by atoms with van der Waals surface area (Å²) in [5.74, 6) is -2.50. The Balaban J connectivity index is 1.71. The highest BCUT2D eigenvalue weighted by atomic mass is 19.1. The molecule has 0 saturated heterocycles. The second kappa shape index (κ2) is 7.09. The van der Waals surface area contributed by atoms with Crippen LogP contribution in [0.4, 0.5) is 8.78 Å². The Labute approximate surface area is 167 Å². The highest BCUT2D eigenvalue weighted by molar-refractivity contribution is 5.97. The zero-order valence-electron chi connectivity index (χ0n) is 16.8. The summed E-state index contributed by atoms with van der Waals surface area (Å²) in [5.41, 5.74) is 5.39. The Kier molecular flexibility index (Phi) is 4.72. The van der Waals surface area contributed by atoms with E-state index in [0.717, 1.165) is 47.2 Å². The molecule has 29 heavy (non-hydrogen) atoms. The molecule has 0 bridgehead atoms. The number of nitrogens with zero attached hydrogens (tertiary/aromatic N) is 4. The molecule has 0 radical (unpaired) electrons. The molecule has 0 atom stereocenters. The largest absolute Gasteiger partial charge is 0.493 e. The molecule has 1 aliphatic rings. The molecule has 0 fully saturated rings. The van der Waals surface area contributed by atoms with Crippen molar-refractivity contribution in [3.8, 4) is 5.75 Å². The maximum Gasteiger partial charge on any atom is 0.258 e. The van der Waals surface area contributed by atoms with Crippen LogP contribution < -0.4 is 4.74 Å². The van der Waals surface area contributed by atoms with Gasteiger partial charge in [0.05, 0.1) is 31.5 Å². The zero-order chi connectivity index (χ0) is 20.9. The van der Waals surface area contributed by atoms with E-state index in [0.29, 0.717) is 6.07 Å². The lowest BCUT2D eigenvalue weighted by molar-refractivity contribution is 0.0744. The molecule has 0 saturated carbocycles. The van der Waals surface area contributed by atoms with Crippen molar-refractivity contribution < 1.29 is 18.3 Å². The Bertz CT molecular complexity index is 1140. The minimum absolute atomic E-state index is 0.141. The fraction of sp³-hybridized carbons (Fsp3) is 0.381. The number of fused-ring (bicyclic) bond motifs is 3. The van der Waals surface area contributed by atoms with Crippen LogP contribution in [0.25, 0.3) is 5.65 Å². The van der Waals surface area contributed by atoms with E-state index in [1.54, 1.807) is 0 Å². The van der Waals surface area contributed by atoms with Crippen molar-refractivity contribution in [2.75, 3.05) is 7.11 Å². The monoisotopic (exact) mass is 400 g/mol. The van der Waals surface area contributed by atoms with Crippen molar-refractivity contribution >= 4 is 11.6 Å². The molecule has 0 N–H and O–H groups in total. The summed E-state index contributed by atoms with van der Waals surface area (Å²) in [4.78, 5) is 19.2. The quantitative estimate of drug-likeness (QED) is 0.669. The van der Waals surface area contributed by atoms with Gasteiger partial charge in [0.1, 0.15) is 5.82 Å². The van der Waals surface area contributed by atoms with Gasteiger partial charge in [0.25, 0.3) is 5.91 Å². The number of rotatable bonds is 4. The first-order valence-electron chi connectivity index (χ1n) is 9.54. The third-order valence-corrected chi connectivity index (χ3v) is 5.42. The van der Waals surface area contributed by atoms with E-state index in [2.05, 4.69) is 12.0 Å². The second-order valence-electron chi connectivity index (χ2n) is 7.30. The molecule has 3 heterocycles. The van der Waals surface area contributed by atoms with Gasteiger partial charge in [-0.25, -0.2) is 18.3 Å². The Morgan fingerprint density at radius 1 is 1.24 bits per heavy atom. The summed E-state index contributed by atoms with van der Waals surface area (Å²) in [7, 11) is 1.25. The van der Waals surface area contributed by atoms with Crippen LogP contribution in [0.5, 0.6) is 5.75 Å². The third kappa shape index (κ3) is 3.03. The van der Waals surface area contributed by atoms with Crippen molar-refractivity contribution in [1.82, 2.24) is 19.5 Å². The molecular weight excluding hydrogens is 378 g/mol. The predicted octanol–water partition coefficient (Wildman–Crippen LogP) is 3.74. The number of carbonyl (C=O) groups is 1. The molecule has 6 nitrogen and oxygen atoms in total. The van der Waals surface area contributed by atoms with Crippen LogP contribution in [0.3, 0.4) is 0 Å². The lowest BCUT2D eigenvalue weighted by Crippen LogP contribution is -2.27. The van der Waals surface area contributed by atoms with Crippen LogP contribution in [0, 0.1) is 25.5 Å². The minimum Gasteiger partial charge on any atom is -0.493 e. The van der Waals surface area contributed by atoms with Gasteiger partial charge in [0.2, 0.25) is 0 Å². The van der Waals surface area contributed by atoms with Crippen LogP contribution >= 0.6 is 0 Å². The molecular formula is C21H22F2N4O2. The van der Waals surface area contributed by atoms with Crippen LogP contribution in [0.15, 0.2) is 12.1 Å². The first kappa shape index (κ1) is 19.3. The topological polar surface area (TPSA) is 59.7 Å². The molecule has 1 amide bonds. The molecule has 3 aromatic rings. The SMILES string of the molecule is CCCc1c(C)nc2c3c(nn2c1C)CN(C(=O)c1cc(F)cc(F)c1OC)C3. The fourth-order valence-corrected chi connectivity index (χ4v) is 4.02. The van der Waals surface area contributed by atoms with Crippen molar-refractivity contribution in [2.24, 2.45) is 0 Å². The zero-order valence-corrected chi connectivity index (χ0v) is 16.8. The summed E-state index contributed by atoms with van der Waals surface area (Å²) in [6.45, 7) is 6.66. The second-order valence-corrected chi connectivity index (χ2v) is 7.30.